The molecule has 5 heteroatoms. The first kappa shape index (κ1) is 14.0. The minimum Gasteiger partial charge on any atom is -0.396 e. The molecule has 1 fully saturated rings. The van der Waals surface area contributed by atoms with Crippen LogP contribution in [0.15, 0.2) is 0 Å². The molecule has 1 rings (SSSR count). The van der Waals surface area contributed by atoms with Crippen LogP contribution in [0.1, 0.15) is 6.42 Å². The van der Waals surface area contributed by atoms with Crippen molar-refractivity contribution >= 4 is 24.8 Å². The summed E-state index contributed by atoms with van der Waals surface area (Å²) in [5.74, 6) is 0. The fourth-order valence-electron chi connectivity index (χ4n) is 1.07. The Hall–Kier alpha value is 0.460. The Kier molecular flexibility index (Phi) is 10.9. The molecule has 1 atom stereocenters. The molecule has 0 spiro atoms. The number of hydrogen-bond acceptors (Lipinski definition) is 3. The third kappa shape index (κ3) is 5.70. The van der Waals surface area contributed by atoms with E-state index in [9.17, 15) is 0 Å². The van der Waals surface area contributed by atoms with Crippen molar-refractivity contribution in [3.8, 4) is 0 Å². The number of halogens is 2. The fraction of sp³-hybridized carbons (Fsp3) is 1.00. The van der Waals surface area contributed by atoms with E-state index >= 15 is 0 Å². The number of nitrogens with one attached hydrogen (secondary N) is 2. The summed E-state index contributed by atoms with van der Waals surface area (Å²) in [6.07, 6.45) is 0.868. The van der Waals surface area contributed by atoms with Crippen molar-refractivity contribution in [1.82, 2.24) is 10.6 Å². The maximum atomic E-state index is 8.55. The van der Waals surface area contributed by atoms with E-state index in [1.165, 1.54) is 0 Å². The summed E-state index contributed by atoms with van der Waals surface area (Å²) in [5, 5.41) is 15.1. The normalized spacial score (nSPS) is 23.2. The van der Waals surface area contributed by atoms with E-state index in [-0.39, 0.29) is 24.8 Å². The molecule has 0 aliphatic carbocycles. The summed E-state index contributed by atoms with van der Waals surface area (Å²) in [6.45, 7) is 3.38. The first-order chi connectivity index (χ1) is 4.43. The molecule has 1 aliphatic rings. The van der Waals surface area contributed by atoms with Crippen LogP contribution in [0, 0.1) is 0 Å². The van der Waals surface area contributed by atoms with Crippen LogP contribution in [0.25, 0.3) is 0 Å². The Morgan fingerprint density at radius 1 is 1.27 bits per heavy atom. The second kappa shape index (κ2) is 8.56. The van der Waals surface area contributed by atoms with Crippen LogP contribution in [0.2, 0.25) is 0 Å². The van der Waals surface area contributed by atoms with E-state index < -0.39 is 0 Å². The summed E-state index contributed by atoms with van der Waals surface area (Å²) in [5.41, 5.74) is 0. The van der Waals surface area contributed by atoms with Crippen LogP contribution in [0.4, 0.5) is 0 Å². The highest BCUT2D eigenvalue weighted by Crippen LogP contribution is 1.91. The smallest absolute Gasteiger partial charge is 0.0446 e. The Labute approximate surface area is 79.8 Å². The van der Waals surface area contributed by atoms with Crippen LogP contribution in [-0.4, -0.2) is 37.4 Å². The lowest BCUT2D eigenvalue weighted by Gasteiger charge is -2.23. The molecular weight excluding hydrogens is 187 g/mol. The molecule has 0 bridgehead atoms. The van der Waals surface area contributed by atoms with Gasteiger partial charge in [-0.2, -0.15) is 0 Å². The standard InChI is InChI=1S/C6H14N2O.2ClH/c9-4-1-6-5-7-2-3-8-6;;/h6-9H,1-5H2;2*1H. The molecule has 1 aliphatic heterocycles. The zero-order chi connectivity index (χ0) is 6.53. The van der Waals surface area contributed by atoms with Gasteiger partial charge in [0.2, 0.25) is 0 Å². The molecule has 0 saturated carbocycles. The third-order valence-corrected chi connectivity index (χ3v) is 1.60. The van der Waals surface area contributed by atoms with E-state index in [4.69, 9.17) is 5.11 Å². The van der Waals surface area contributed by atoms with Crippen LogP contribution in [0.3, 0.4) is 0 Å². The van der Waals surface area contributed by atoms with Crippen LogP contribution in [0.5, 0.6) is 0 Å². The average molecular weight is 203 g/mol. The number of rotatable bonds is 2. The quantitative estimate of drug-likeness (QED) is 0.581. The lowest BCUT2D eigenvalue weighted by Crippen LogP contribution is -2.48. The van der Waals surface area contributed by atoms with Crippen LogP contribution < -0.4 is 10.6 Å². The van der Waals surface area contributed by atoms with Crippen molar-refractivity contribution in [3.05, 3.63) is 0 Å². The average Bonchev–Trinajstić information content (AvgIpc) is 1.91. The summed E-state index contributed by atoms with van der Waals surface area (Å²) in [4.78, 5) is 0. The zero-order valence-electron chi connectivity index (χ0n) is 6.38. The maximum absolute atomic E-state index is 8.55. The van der Waals surface area contributed by atoms with Crippen LogP contribution >= 0.6 is 24.8 Å². The van der Waals surface area contributed by atoms with Crippen molar-refractivity contribution in [1.29, 1.82) is 0 Å². The van der Waals surface area contributed by atoms with Crippen molar-refractivity contribution in [3.63, 3.8) is 0 Å². The van der Waals surface area contributed by atoms with Gasteiger partial charge < -0.3 is 15.7 Å². The maximum Gasteiger partial charge on any atom is 0.0446 e. The number of hydrogen-bond donors (Lipinski definition) is 3. The van der Waals surface area contributed by atoms with Gasteiger partial charge in [-0.25, -0.2) is 0 Å². The van der Waals surface area contributed by atoms with Gasteiger partial charge in [0.25, 0.3) is 0 Å². The summed E-state index contributed by atoms with van der Waals surface area (Å²) < 4.78 is 0. The first-order valence-electron chi connectivity index (χ1n) is 3.48. The summed E-state index contributed by atoms with van der Waals surface area (Å²) in [6, 6.07) is 0.490. The molecule has 3 nitrogen and oxygen atoms in total. The highest BCUT2D eigenvalue weighted by Gasteiger charge is 2.09. The second-order valence-corrected chi connectivity index (χ2v) is 2.37. The number of aliphatic hydroxyl groups excluding tert-OH is 1. The van der Waals surface area contributed by atoms with Gasteiger partial charge in [0, 0.05) is 32.3 Å². The molecule has 3 N–H and O–H groups in total. The lowest BCUT2D eigenvalue weighted by molar-refractivity contribution is 0.255. The van der Waals surface area contributed by atoms with Gasteiger partial charge in [-0.3, -0.25) is 0 Å². The minimum absolute atomic E-state index is 0. The van der Waals surface area contributed by atoms with Crippen molar-refractivity contribution in [2.75, 3.05) is 26.2 Å². The molecule has 0 aromatic carbocycles. The molecule has 1 heterocycles. The largest absolute Gasteiger partial charge is 0.396 e. The topological polar surface area (TPSA) is 44.3 Å². The fourth-order valence-corrected chi connectivity index (χ4v) is 1.07. The van der Waals surface area contributed by atoms with E-state index in [1.54, 1.807) is 0 Å². The van der Waals surface area contributed by atoms with Gasteiger partial charge in [-0.1, -0.05) is 0 Å². The SMILES string of the molecule is Cl.Cl.OCCC1CNCCN1. The Balaban J connectivity index is 0. The predicted molar refractivity (Wildman–Crippen MR) is 50.9 cm³/mol. The number of aliphatic hydroxyl groups is 1. The molecular formula is C6H16Cl2N2O. The second-order valence-electron chi connectivity index (χ2n) is 2.37. The molecule has 0 aromatic heterocycles. The van der Waals surface area contributed by atoms with Crippen LogP contribution in [-0.2, 0) is 0 Å². The monoisotopic (exact) mass is 202 g/mol. The number of piperazine rings is 1. The minimum atomic E-state index is 0. The predicted octanol–water partition coefficient (Wildman–Crippen LogP) is -0.226. The van der Waals surface area contributed by atoms with Gasteiger partial charge in [-0.15, -0.1) is 24.8 Å². The van der Waals surface area contributed by atoms with Gasteiger partial charge >= 0.3 is 0 Å². The van der Waals surface area contributed by atoms with Gasteiger partial charge in [0.15, 0.2) is 0 Å². The molecule has 0 amide bonds. The van der Waals surface area contributed by atoms with E-state index in [2.05, 4.69) is 10.6 Å². The van der Waals surface area contributed by atoms with Crippen molar-refractivity contribution < 1.29 is 5.11 Å². The van der Waals surface area contributed by atoms with Gasteiger partial charge in [0.05, 0.1) is 0 Å². The zero-order valence-corrected chi connectivity index (χ0v) is 8.01. The van der Waals surface area contributed by atoms with Crippen molar-refractivity contribution in [2.45, 2.75) is 12.5 Å². The Morgan fingerprint density at radius 3 is 2.45 bits per heavy atom. The van der Waals surface area contributed by atoms with E-state index in [0.717, 1.165) is 26.1 Å². The molecule has 11 heavy (non-hydrogen) atoms. The molecule has 1 saturated heterocycles. The van der Waals surface area contributed by atoms with Gasteiger partial charge in [0.1, 0.15) is 0 Å². The van der Waals surface area contributed by atoms with Crippen molar-refractivity contribution in [2.24, 2.45) is 0 Å². The molecule has 0 radical (unpaired) electrons. The summed E-state index contributed by atoms with van der Waals surface area (Å²) in [7, 11) is 0. The third-order valence-electron chi connectivity index (χ3n) is 1.60. The Morgan fingerprint density at radius 2 is 2.00 bits per heavy atom. The summed E-state index contributed by atoms with van der Waals surface area (Å²) >= 11 is 0. The highest BCUT2D eigenvalue weighted by atomic mass is 35.5. The van der Waals surface area contributed by atoms with E-state index in [1.807, 2.05) is 0 Å². The molecule has 70 valence electrons. The molecule has 0 aromatic rings. The molecule has 1 unspecified atom stereocenters. The Bertz CT molecular complexity index is 76.2. The van der Waals surface area contributed by atoms with Gasteiger partial charge in [-0.05, 0) is 6.42 Å². The highest BCUT2D eigenvalue weighted by molar-refractivity contribution is 5.85. The first-order valence-corrected chi connectivity index (χ1v) is 3.48. The van der Waals surface area contributed by atoms with E-state index in [0.29, 0.717) is 12.6 Å². The lowest BCUT2D eigenvalue weighted by atomic mass is 10.2.